The summed E-state index contributed by atoms with van der Waals surface area (Å²) in [4.78, 5) is 0.183. The number of hydrogen-bond donors (Lipinski definition) is 0. The quantitative estimate of drug-likeness (QED) is 0.368. The van der Waals surface area contributed by atoms with Gasteiger partial charge in [0.15, 0.2) is 0 Å². The number of aryl methyl sites for hydroxylation is 1. The van der Waals surface area contributed by atoms with Gasteiger partial charge in [-0.05, 0) is 37.1 Å². The summed E-state index contributed by atoms with van der Waals surface area (Å²) < 4.78 is 30.8. The van der Waals surface area contributed by atoms with Crippen LogP contribution in [0.2, 0.25) is 0 Å². The standard InChI is InChI=1S/C16H17N3O3S.Na.H/c20-23(21,14-8-2-1-3-9-14)22-13-7-6-12-19-16-11-5-4-10-15(16)17-18-19;;/h1-5,8-11H,6-7,12-13H2;;. The first-order valence-corrected chi connectivity index (χ1v) is 8.80. The molecule has 24 heavy (non-hydrogen) atoms. The maximum absolute atomic E-state index is 11.9. The molecule has 0 saturated heterocycles. The first kappa shape index (κ1) is 19.1. The number of unbranched alkanes of at least 4 members (excludes halogenated alkanes) is 1. The van der Waals surface area contributed by atoms with Gasteiger partial charge in [0.1, 0.15) is 5.52 Å². The zero-order chi connectivity index (χ0) is 16.1. The van der Waals surface area contributed by atoms with E-state index in [9.17, 15) is 8.42 Å². The van der Waals surface area contributed by atoms with Gasteiger partial charge in [0.05, 0.1) is 17.0 Å². The molecule has 122 valence electrons. The second kappa shape index (κ2) is 8.73. The molecule has 0 amide bonds. The van der Waals surface area contributed by atoms with Crippen LogP contribution in [0.5, 0.6) is 0 Å². The molecule has 3 rings (SSSR count). The summed E-state index contributed by atoms with van der Waals surface area (Å²) in [6.45, 7) is 0.832. The number of aromatic nitrogens is 3. The van der Waals surface area contributed by atoms with Crippen LogP contribution in [-0.4, -0.2) is 59.6 Å². The zero-order valence-electron chi connectivity index (χ0n) is 12.5. The van der Waals surface area contributed by atoms with Crippen molar-refractivity contribution in [2.75, 3.05) is 6.61 Å². The van der Waals surface area contributed by atoms with Crippen molar-refractivity contribution in [2.45, 2.75) is 24.3 Å². The fourth-order valence-corrected chi connectivity index (χ4v) is 3.23. The third-order valence-corrected chi connectivity index (χ3v) is 4.78. The topological polar surface area (TPSA) is 74.1 Å². The molecule has 0 radical (unpaired) electrons. The molecule has 0 unspecified atom stereocenters. The van der Waals surface area contributed by atoms with E-state index in [0.717, 1.165) is 17.5 Å². The molecule has 0 bridgehead atoms. The molecule has 0 aliphatic carbocycles. The Hall–Kier alpha value is -1.25. The number of fused-ring (bicyclic) bond motifs is 1. The summed E-state index contributed by atoms with van der Waals surface area (Å²) in [5, 5.41) is 8.18. The first-order valence-electron chi connectivity index (χ1n) is 7.39. The van der Waals surface area contributed by atoms with Gasteiger partial charge in [0.25, 0.3) is 10.1 Å². The van der Waals surface area contributed by atoms with Crippen molar-refractivity contribution in [3.05, 3.63) is 54.6 Å². The third-order valence-electron chi connectivity index (χ3n) is 3.45. The number of benzene rings is 2. The summed E-state index contributed by atoms with van der Waals surface area (Å²) in [5.74, 6) is 0. The minimum atomic E-state index is -3.66. The van der Waals surface area contributed by atoms with Crippen LogP contribution in [0.4, 0.5) is 0 Å². The Balaban J connectivity index is 0.00000208. The van der Waals surface area contributed by atoms with Gasteiger partial charge in [0, 0.05) is 6.54 Å². The average molecular weight is 355 g/mol. The van der Waals surface area contributed by atoms with Gasteiger partial charge in [-0.1, -0.05) is 35.5 Å². The normalized spacial score (nSPS) is 11.3. The van der Waals surface area contributed by atoms with Gasteiger partial charge < -0.3 is 0 Å². The summed E-state index contributed by atoms with van der Waals surface area (Å²) in [6, 6.07) is 15.9. The van der Waals surface area contributed by atoms with Gasteiger partial charge in [-0.25, -0.2) is 4.68 Å². The molecule has 1 aromatic heterocycles. The van der Waals surface area contributed by atoms with Crippen LogP contribution in [-0.2, 0) is 20.8 Å². The summed E-state index contributed by atoms with van der Waals surface area (Å²) in [5.41, 5.74) is 1.83. The molecular weight excluding hydrogens is 337 g/mol. The maximum atomic E-state index is 11.9. The molecule has 1 heterocycles. The van der Waals surface area contributed by atoms with Crippen LogP contribution in [0.3, 0.4) is 0 Å². The predicted octanol–water partition coefficient (Wildman–Crippen LogP) is 1.97. The number of hydrogen-bond acceptors (Lipinski definition) is 5. The first-order chi connectivity index (χ1) is 11.2. The van der Waals surface area contributed by atoms with Crippen LogP contribution in [0.15, 0.2) is 59.5 Å². The van der Waals surface area contributed by atoms with Crippen LogP contribution >= 0.6 is 0 Å². The molecule has 0 N–H and O–H groups in total. The molecular formula is C16H18N3NaO3S. The van der Waals surface area contributed by atoms with Gasteiger partial charge in [-0.2, -0.15) is 8.42 Å². The van der Waals surface area contributed by atoms with E-state index in [-0.39, 0.29) is 41.1 Å². The summed E-state index contributed by atoms with van der Waals surface area (Å²) in [6.07, 6.45) is 1.39. The molecule has 6 nitrogen and oxygen atoms in total. The van der Waals surface area contributed by atoms with Crippen molar-refractivity contribution in [3.63, 3.8) is 0 Å². The van der Waals surface area contributed by atoms with E-state index in [0.29, 0.717) is 13.0 Å². The van der Waals surface area contributed by atoms with Gasteiger partial charge in [0.2, 0.25) is 0 Å². The van der Waals surface area contributed by atoms with Crippen molar-refractivity contribution in [1.29, 1.82) is 0 Å². The Morgan fingerprint density at radius 3 is 2.46 bits per heavy atom. The van der Waals surface area contributed by atoms with E-state index in [1.807, 2.05) is 28.9 Å². The van der Waals surface area contributed by atoms with Crippen molar-refractivity contribution < 1.29 is 12.6 Å². The Bertz CT molecular complexity index is 882. The van der Waals surface area contributed by atoms with E-state index in [4.69, 9.17) is 4.18 Å². The molecule has 0 aliphatic rings. The van der Waals surface area contributed by atoms with Crippen molar-refractivity contribution in [3.8, 4) is 0 Å². The molecule has 2 aromatic carbocycles. The van der Waals surface area contributed by atoms with Crippen LogP contribution in [0.1, 0.15) is 12.8 Å². The van der Waals surface area contributed by atoms with Crippen LogP contribution < -0.4 is 0 Å². The SMILES string of the molecule is O=S(=O)(OCCCCn1nnc2ccccc21)c1ccccc1.[NaH]. The summed E-state index contributed by atoms with van der Waals surface area (Å²) in [7, 11) is -3.66. The second-order valence-corrected chi connectivity index (χ2v) is 6.71. The molecule has 0 spiro atoms. The number of rotatable bonds is 7. The molecule has 8 heteroatoms. The molecule has 0 atom stereocenters. The number of nitrogens with zero attached hydrogens (tertiary/aromatic N) is 3. The Morgan fingerprint density at radius 2 is 1.67 bits per heavy atom. The molecule has 3 aromatic rings. The van der Waals surface area contributed by atoms with Gasteiger partial charge in [-0.15, -0.1) is 5.10 Å². The van der Waals surface area contributed by atoms with Crippen LogP contribution in [0.25, 0.3) is 11.0 Å². The summed E-state index contributed by atoms with van der Waals surface area (Å²) >= 11 is 0. The Morgan fingerprint density at radius 1 is 0.958 bits per heavy atom. The van der Waals surface area contributed by atoms with E-state index in [1.165, 1.54) is 12.1 Å². The molecule has 0 saturated carbocycles. The number of para-hydroxylation sites is 1. The van der Waals surface area contributed by atoms with E-state index < -0.39 is 10.1 Å². The van der Waals surface area contributed by atoms with E-state index in [2.05, 4.69) is 10.3 Å². The second-order valence-electron chi connectivity index (χ2n) is 5.10. The monoisotopic (exact) mass is 355 g/mol. The average Bonchev–Trinajstić information content (AvgIpc) is 2.99. The van der Waals surface area contributed by atoms with Crippen LogP contribution in [0, 0.1) is 0 Å². The van der Waals surface area contributed by atoms with Gasteiger partial charge >= 0.3 is 29.6 Å². The predicted molar refractivity (Wildman–Crippen MR) is 93.5 cm³/mol. The van der Waals surface area contributed by atoms with E-state index in [1.54, 1.807) is 18.2 Å². The molecule has 0 fully saturated rings. The Labute approximate surface area is 163 Å². The van der Waals surface area contributed by atoms with Crippen molar-refractivity contribution >= 4 is 50.7 Å². The fraction of sp³-hybridized carbons (Fsp3) is 0.250. The van der Waals surface area contributed by atoms with Crippen molar-refractivity contribution in [1.82, 2.24) is 15.0 Å². The van der Waals surface area contributed by atoms with Crippen molar-refractivity contribution in [2.24, 2.45) is 0 Å². The minimum absolute atomic E-state index is 0. The van der Waals surface area contributed by atoms with Gasteiger partial charge in [-0.3, -0.25) is 4.18 Å². The van der Waals surface area contributed by atoms with E-state index >= 15 is 0 Å². The zero-order valence-corrected chi connectivity index (χ0v) is 13.3. The fourth-order valence-electron chi connectivity index (χ4n) is 2.27. The Kier molecular flexibility index (Phi) is 6.94. The molecule has 0 aliphatic heterocycles. The third kappa shape index (κ3) is 4.64.